The maximum Gasteiger partial charge on any atom is 0.417 e. The van der Waals surface area contributed by atoms with Crippen molar-refractivity contribution in [2.24, 2.45) is 7.05 Å². The largest absolute Gasteiger partial charge is 0.462 e. The number of rotatable bonds is 9. The number of alkyl halides is 3. The lowest BCUT2D eigenvalue weighted by Crippen LogP contribution is -2.44. The summed E-state index contributed by atoms with van der Waals surface area (Å²) in [7, 11) is 1.39. The summed E-state index contributed by atoms with van der Waals surface area (Å²) in [6, 6.07) is 10.2. The Morgan fingerprint density at radius 1 is 1.02 bits per heavy atom. The number of carbonyl (C=O) groups is 3. The van der Waals surface area contributed by atoms with Gasteiger partial charge in [0.2, 0.25) is 0 Å². The molecule has 0 unspecified atom stereocenters. The number of nitrogens with one attached hydrogen (secondary N) is 1. The van der Waals surface area contributed by atoms with E-state index >= 15 is 0 Å². The van der Waals surface area contributed by atoms with Gasteiger partial charge in [-0.25, -0.2) is 4.79 Å². The summed E-state index contributed by atoms with van der Waals surface area (Å²) in [5.41, 5.74) is -0.965. The number of nitrogens with zero attached hydrogens (tertiary/aromatic N) is 1. The molecule has 0 bridgehead atoms. The van der Waals surface area contributed by atoms with Crippen LogP contribution in [0.4, 0.5) is 13.2 Å². The molecule has 1 N–H and O–H groups in total. The Balaban J connectivity index is 1.91. The van der Waals surface area contributed by atoms with E-state index in [2.05, 4.69) is 5.32 Å². The van der Waals surface area contributed by atoms with Crippen LogP contribution in [0.5, 0.6) is 0 Å². The van der Waals surface area contributed by atoms with Crippen LogP contribution in [-0.2, 0) is 38.7 Å². The molecule has 0 saturated heterocycles. The third-order valence-electron chi connectivity index (χ3n) is 6.33. The summed E-state index contributed by atoms with van der Waals surface area (Å²) in [6.07, 6.45) is -4.85. The van der Waals surface area contributed by atoms with E-state index in [1.807, 2.05) is 0 Å². The van der Waals surface area contributed by atoms with Crippen molar-refractivity contribution in [1.29, 1.82) is 0 Å². The predicted molar refractivity (Wildman–Crippen MR) is 146 cm³/mol. The van der Waals surface area contributed by atoms with Crippen molar-refractivity contribution >= 4 is 29.4 Å². The second kappa shape index (κ2) is 13.0. The normalized spacial score (nSPS) is 12.0. The molecule has 41 heavy (non-hydrogen) atoms. The Hall–Kier alpha value is -4.12. The van der Waals surface area contributed by atoms with Crippen molar-refractivity contribution in [3.05, 3.63) is 91.9 Å². The predicted octanol–water partition coefficient (Wildman–Crippen LogP) is 4.79. The van der Waals surface area contributed by atoms with Gasteiger partial charge in [0.1, 0.15) is 19.3 Å². The smallest absolute Gasteiger partial charge is 0.417 e. The van der Waals surface area contributed by atoms with Crippen LogP contribution in [0.1, 0.15) is 39.7 Å². The minimum absolute atomic E-state index is 0.0397. The highest BCUT2D eigenvalue weighted by atomic mass is 35.5. The van der Waals surface area contributed by atoms with Crippen LogP contribution < -0.4 is 10.9 Å². The molecule has 1 aromatic heterocycles. The summed E-state index contributed by atoms with van der Waals surface area (Å²) < 4.78 is 52.4. The van der Waals surface area contributed by atoms with E-state index in [-0.39, 0.29) is 41.5 Å². The van der Waals surface area contributed by atoms with Gasteiger partial charge in [-0.2, -0.15) is 13.2 Å². The molecule has 0 aliphatic rings. The van der Waals surface area contributed by atoms with Crippen molar-refractivity contribution in [1.82, 2.24) is 9.88 Å². The molecule has 0 spiro atoms. The minimum atomic E-state index is -4.76. The number of aryl methyl sites for hydroxylation is 2. The molecular weight excluding hydrogens is 565 g/mol. The molecule has 0 radical (unpaired) electrons. The van der Waals surface area contributed by atoms with E-state index in [4.69, 9.17) is 21.1 Å². The number of carbonyl (C=O) groups excluding carboxylic acids is 3. The number of pyridine rings is 1. The van der Waals surface area contributed by atoms with Gasteiger partial charge in [-0.1, -0.05) is 48.0 Å². The van der Waals surface area contributed by atoms with E-state index in [9.17, 15) is 32.3 Å². The number of hydrogen-bond acceptors (Lipinski definition) is 6. The van der Waals surface area contributed by atoms with Crippen molar-refractivity contribution in [3.63, 3.8) is 0 Å². The van der Waals surface area contributed by atoms with Crippen molar-refractivity contribution in [2.45, 2.75) is 39.4 Å². The standard InChI is InChI=1S/C29H28ClF3N2O6/c1-16-6-5-7-22(30)24(16)26(37)34-23(28(39)41-13-12-40-18(3)36)15-19-8-10-20(11-9-19)25-21(29(31,32)33)14-17(2)35(4)27(25)38/h5-11,14,23H,12-13,15H2,1-4H3,(H,34,37)/t23-/m0/s1. The first kappa shape index (κ1) is 31.4. The van der Waals surface area contributed by atoms with Crippen LogP contribution >= 0.6 is 11.6 Å². The van der Waals surface area contributed by atoms with Gasteiger partial charge in [0, 0.05) is 26.1 Å². The van der Waals surface area contributed by atoms with Crippen LogP contribution in [0.25, 0.3) is 11.1 Å². The molecule has 0 aliphatic heterocycles. The van der Waals surface area contributed by atoms with Gasteiger partial charge in [0.25, 0.3) is 11.5 Å². The monoisotopic (exact) mass is 592 g/mol. The average Bonchev–Trinajstić information content (AvgIpc) is 2.89. The molecule has 0 fully saturated rings. The SMILES string of the molecule is CC(=O)OCCOC(=O)[C@H](Cc1ccc(-c2c(C(F)(F)F)cc(C)n(C)c2=O)cc1)NC(=O)c1c(C)cccc1Cl. The number of benzene rings is 2. The average molecular weight is 593 g/mol. The molecule has 1 heterocycles. The molecule has 3 rings (SSSR count). The van der Waals surface area contributed by atoms with Crippen molar-refractivity contribution < 1.29 is 37.0 Å². The highest BCUT2D eigenvalue weighted by molar-refractivity contribution is 6.34. The Morgan fingerprint density at radius 2 is 1.66 bits per heavy atom. The molecule has 0 aliphatic carbocycles. The maximum atomic E-state index is 13.8. The molecule has 2 aromatic carbocycles. The van der Waals surface area contributed by atoms with E-state index in [1.54, 1.807) is 19.1 Å². The summed E-state index contributed by atoms with van der Waals surface area (Å²) in [4.78, 5) is 49.7. The van der Waals surface area contributed by atoms with E-state index in [0.717, 1.165) is 10.6 Å². The molecule has 8 nitrogen and oxygen atoms in total. The Labute approximate surface area is 239 Å². The van der Waals surface area contributed by atoms with E-state index in [1.165, 1.54) is 51.2 Å². The Kier molecular flexibility index (Phi) is 9.98. The number of hydrogen-bond donors (Lipinski definition) is 1. The van der Waals surface area contributed by atoms with Crippen LogP contribution in [0, 0.1) is 13.8 Å². The molecule has 12 heteroatoms. The number of aromatic nitrogens is 1. The summed E-state index contributed by atoms with van der Waals surface area (Å²) in [6.45, 7) is 3.84. The second-order valence-corrected chi connectivity index (χ2v) is 9.71. The van der Waals surface area contributed by atoms with Crippen molar-refractivity contribution in [2.75, 3.05) is 13.2 Å². The quantitative estimate of drug-likeness (QED) is 0.283. The topological polar surface area (TPSA) is 104 Å². The van der Waals surface area contributed by atoms with Crippen LogP contribution in [0.2, 0.25) is 5.02 Å². The first-order valence-corrected chi connectivity index (χ1v) is 12.8. The molecule has 3 aromatic rings. The van der Waals surface area contributed by atoms with Gasteiger partial charge in [0.15, 0.2) is 0 Å². The first-order valence-electron chi connectivity index (χ1n) is 12.4. The highest BCUT2D eigenvalue weighted by Gasteiger charge is 2.36. The fourth-order valence-electron chi connectivity index (χ4n) is 4.14. The zero-order chi connectivity index (χ0) is 30.5. The maximum absolute atomic E-state index is 13.8. The molecule has 1 atom stereocenters. The van der Waals surface area contributed by atoms with E-state index < -0.39 is 46.8 Å². The molecule has 0 saturated carbocycles. The summed E-state index contributed by atoms with van der Waals surface area (Å²) >= 11 is 6.20. The fraction of sp³-hybridized carbons (Fsp3) is 0.310. The Bertz CT molecular complexity index is 1500. The van der Waals surface area contributed by atoms with Gasteiger partial charge >= 0.3 is 18.1 Å². The fourth-order valence-corrected chi connectivity index (χ4v) is 4.45. The summed E-state index contributed by atoms with van der Waals surface area (Å²) in [5.74, 6) is -2.02. The number of esters is 2. The van der Waals surface area contributed by atoms with Crippen molar-refractivity contribution in [3.8, 4) is 11.1 Å². The number of amides is 1. The van der Waals surface area contributed by atoms with Gasteiger partial charge in [0.05, 0.1) is 21.7 Å². The van der Waals surface area contributed by atoms with E-state index in [0.29, 0.717) is 11.1 Å². The Morgan fingerprint density at radius 3 is 2.24 bits per heavy atom. The zero-order valence-electron chi connectivity index (χ0n) is 22.7. The highest BCUT2D eigenvalue weighted by Crippen LogP contribution is 2.36. The number of ether oxygens (including phenoxy) is 2. The molecule has 1 amide bonds. The molecule has 218 valence electrons. The van der Waals surface area contributed by atoms with Gasteiger partial charge in [-0.05, 0) is 42.7 Å². The minimum Gasteiger partial charge on any atom is -0.462 e. The first-order chi connectivity index (χ1) is 19.2. The van der Waals surface area contributed by atoms with Crippen LogP contribution in [0.15, 0.2) is 53.3 Å². The lowest BCUT2D eigenvalue weighted by atomic mass is 9.97. The van der Waals surface area contributed by atoms with Crippen LogP contribution in [0.3, 0.4) is 0 Å². The second-order valence-electron chi connectivity index (χ2n) is 9.30. The third-order valence-corrected chi connectivity index (χ3v) is 6.64. The molecular formula is C29H28ClF3N2O6. The third kappa shape index (κ3) is 7.75. The van der Waals surface area contributed by atoms with Gasteiger partial charge in [-0.15, -0.1) is 0 Å². The lowest BCUT2D eigenvalue weighted by molar-refractivity contribution is -0.152. The zero-order valence-corrected chi connectivity index (χ0v) is 23.5. The lowest BCUT2D eigenvalue weighted by Gasteiger charge is -2.19. The summed E-state index contributed by atoms with van der Waals surface area (Å²) in [5, 5.41) is 2.78. The van der Waals surface area contributed by atoms with Crippen LogP contribution in [-0.4, -0.2) is 41.7 Å². The van der Waals surface area contributed by atoms with Gasteiger partial charge in [-0.3, -0.25) is 14.4 Å². The van der Waals surface area contributed by atoms with Gasteiger partial charge < -0.3 is 19.4 Å². The number of halogens is 4.